The molecule has 0 aromatic heterocycles. The Labute approximate surface area is 352 Å². The summed E-state index contributed by atoms with van der Waals surface area (Å²) in [7, 11) is 0. The number of carbonyl (C=O) groups is 9. The molecular formula is C38H70N12O10. The fraction of sp³-hybridized carbons (Fsp3) is 0.737. The number of amides is 9. The topological polar surface area (TPSA) is 361 Å². The Kier molecular flexibility index (Phi) is 26.9. The van der Waals surface area contributed by atoms with Gasteiger partial charge in [0.1, 0.15) is 36.3 Å². The summed E-state index contributed by atoms with van der Waals surface area (Å²) in [6, 6.07) is -7.49. The molecule has 22 heteroatoms. The highest BCUT2D eigenvalue weighted by Gasteiger charge is 2.36. The zero-order valence-electron chi connectivity index (χ0n) is 36.1. The predicted octanol–water partition coefficient (Wildman–Crippen LogP) is -3.10. The summed E-state index contributed by atoms with van der Waals surface area (Å²) >= 11 is 0. The number of nitrogens with zero attached hydrogens (tertiary/aromatic N) is 1. The lowest BCUT2D eigenvalue weighted by molar-refractivity contribution is -0.137. The van der Waals surface area contributed by atoms with Crippen molar-refractivity contribution in [2.75, 3.05) is 19.6 Å². The average Bonchev–Trinajstić information content (AvgIpc) is 3.16. The minimum Gasteiger partial charge on any atom is -0.391 e. The van der Waals surface area contributed by atoms with Gasteiger partial charge in [-0.15, -0.1) is 0 Å². The molecule has 0 spiro atoms. The van der Waals surface area contributed by atoms with Crippen molar-refractivity contribution in [1.29, 1.82) is 0 Å². The summed E-state index contributed by atoms with van der Waals surface area (Å²) in [6.07, 6.45) is 0.464. The van der Waals surface area contributed by atoms with E-state index in [1.807, 2.05) is 0 Å². The Hall–Kier alpha value is -5.54. The van der Waals surface area contributed by atoms with Crippen molar-refractivity contribution < 1.29 is 48.3 Å². The summed E-state index contributed by atoms with van der Waals surface area (Å²) in [6.45, 7) is 11.5. The molecule has 0 heterocycles. The van der Waals surface area contributed by atoms with Gasteiger partial charge in [0.25, 0.3) is 0 Å². The number of carbonyl (C=O) groups excluding carboxylic acids is 9. The summed E-state index contributed by atoms with van der Waals surface area (Å²) in [5.74, 6) is -6.58. The lowest BCUT2D eigenvalue weighted by Gasteiger charge is -2.30. The molecule has 0 rings (SSSR count). The first-order chi connectivity index (χ1) is 28.2. The van der Waals surface area contributed by atoms with Crippen LogP contribution >= 0.6 is 0 Å². The van der Waals surface area contributed by atoms with E-state index in [2.05, 4.69) is 47.5 Å². The van der Waals surface area contributed by atoms with Crippen molar-refractivity contribution in [3.8, 4) is 0 Å². The molecular weight excluding hydrogens is 784 g/mol. The van der Waals surface area contributed by atoms with Crippen LogP contribution in [0.2, 0.25) is 0 Å². The van der Waals surface area contributed by atoms with Crippen LogP contribution in [0.1, 0.15) is 113 Å². The molecule has 0 aliphatic carbocycles. The highest BCUT2D eigenvalue weighted by atomic mass is 16.3. The van der Waals surface area contributed by atoms with Crippen molar-refractivity contribution in [1.82, 2.24) is 42.5 Å². The molecule has 0 saturated carbocycles. The molecule has 15 N–H and O–H groups in total. The number of aliphatic hydroxyl groups excluding tert-OH is 1. The van der Waals surface area contributed by atoms with Crippen LogP contribution in [0.5, 0.6) is 0 Å². The first kappa shape index (κ1) is 54.5. The molecule has 0 aromatic carbocycles. The smallest absolute Gasteiger partial charge is 0.245 e. The number of nitrogens with two attached hydrogens (primary N) is 3. The van der Waals surface area contributed by atoms with E-state index in [4.69, 9.17) is 17.2 Å². The number of aliphatic imine (C=N–C) groups is 1. The highest BCUT2D eigenvalue weighted by Crippen LogP contribution is 2.12. The number of aliphatic hydroxyl groups is 1. The van der Waals surface area contributed by atoms with E-state index < -0.39 is 95.5 Å². The van der Waals surface area contributed by atoms with E-state index in [0.29, 0.717) is 45.2 Å². The number of unbranched alkanes of at least 4 members (excludes halogenated alkanes) is 1. The Morgan fingerprint density at radius 1 is 0.567 bits per heavy atom. The van der Waals surface area contributed by atoms with Crippen LogP contribution in [0.4, 0.5) is 0 Å². The van der Waals surface area contributed by atoms with Crippen molar-refractivity contribution in [2.45, 2.75) is 155 Å². The third kappa shape index (κ3) is 22.6. The van der Waals surface area contributed by atoms with Crippen LogP contribution < -0.4 is 59.7 Å². The van der Waals surface area contributed by atoms with Gasteiger partial charge in [0.05, 0.1) is 6.10 Å². The molecule has 0 aliphatic rings. The first-order valence-corrected chi connectivity index (χ1v) is 20.5. The third-order valence-corrected chi connectivity index (χ3v) is 9.30. The Bertz CT molecular complexity index is 1470. The molecule has 60 heavy (non-hydrogen) atoms. The maximum atomic E-state index is 13.8. The van der Waals surface area contributed by atoms with Crippen LogP contribution in [0, 0.1) is 5.92 Å². The van der Waals surface area contributed by atoms with E-state index in [-0.39, 0.29) is 50.5 Å². The minimum absolute atomic E-state index is 0.0859. The zero-order valence-corrected chi connectivity index (χ0v) is 36.1. The van der Waals surface area contributed by atoms with Crippen LogP contribution in [0.25, 0.3) is 0 Å². The van der Waals surface area contributed by atoms with Gasteiger partial charge in [-0.1, -0.05) is 33.6 Å². The fourth-order valence-electron chi connectivity index (χ4n) is 5.84. The standard InChI is InChI=1S/C38H70N12O10/c1-8-14-25(33(56)47-27(15-11-12-19-43-23(6)52)34(57)46-26(32(55)42-10-3)16-13-20-44-38(40)41)48-37(60)31(22(5)51)50-36(59)30(21(4)9-2)49-35(58)28(45-24(7)53)17-18-29(39)54/h21-22,25-28,30-31,51H,8-20H2,1-7H3,(H2,39,54)(H,42,55)(H,43,52)(H,45,53)(H,46,57)(H,47,56)(H,48,60)(H,49,58)(H,50,59)(H4,40,41,44)/t21-,22+,25-,26-,27-,28-,30+,31-/m0/s1. The molecule has 342 valence electrons. The highest BCUT2D eigenvalue weighted by molar-refractivity contribution is 5.97. The van der Waals surface area contributed by atoms with E-state index in [1.54, 1.807) is 27.7 Å². The number of hydrogen-bond acceptors (Lipinski definition) is 11. The molecule has 0 aliphatic heterocycles. The Morgan fingerprint density at radius 2 is 1.07 bits per heavy atom. The molecule has 22 nitrogen and oxygen atoms in total. The quantitative estimate of drug-likeness (QED) is 0.0194. The minimum atomic E-state index is -1.61. The second-order valence-corrected chi connectivity index (χ2v) is 14.7. The molecule has 9 amide bonds. The van der Waals surface area contributed by atoms with Crippen LogP contribution in [-0.4, -0.2) is 126 Å². The van der Waals surface area contributed by atoms with Gasteiger partial charge in [-0.25, -0.2) is 0 Å². The maximum Gasteiger partial charge on any atom is 0.245 e. The molecule has 0 unspecified atom stereocenters. The third-order valence-electron chi connectivity index (χ3n) is 9.30. The molecule has 0 saturated heterocycles. The number of primary amides is 1. The molecule has 0 bridgehead atoms. The average molecular weight is 855 g/mol. The normalized spacial score (nSPS) is 14.8. The summed E-state index contributed by atoms with van der Waals surface area (Å²) in [4.78, 5) is 120. The Balaban J connectivity index is 6.32. The largest absolute Gasteiger partial charge is 0.391 e. The van der Waals surface area contributed by atoms with Gasteiger partial charge >= 0.3 is 0 Å². The van der Waals surface area contributed by atoms with Crippen LogP contribution in [0.3, 0.4) is 0 Å². The number of rotatable bonds is 30. The molecule has 0 fully saturated rings. The van der Waals surface area contributed by atoms with E-state index in [0.717, 1.165) is 0 Å². The second-order valence-electron chi connectivity index (χ2n) is 14.7. The number of guanidine groups is 1. The molecule has 8 atom stereocenters. The van der Waals surface area contributed by atoms with Crippen molar-refractivity contribution >= 4 is 59.1 Å². The number of likely N-dealkylation sites (N-methyl/N-ethyl adjacent to an activating group) is 1. The lowest BCUT2D eigenvalue weighted by Crippen LogP contribution is -2.62. The lowest BCUT2D eigenvalue weighted by atomic mass is 9.96. The van der Waals surface area contributed by atoms with Gasteiger partial charge in [-0.05, 0) is 64.7 Å². The first-order valence-electron chi connectivity index (χ1n) is 20.5. The molecule has 0 radical (unpaired) electrons. The van der Waals surface area contributed by atoms with Gasteiger partial charge in [-0.3, -0.25) is 48.1 Å². The van der Waals surface area contributed by atoms with Gasteiger partial charge in [0, 0.05) is 39.9 Å². The zero-order chi connectivity index (χ0) is 45.9. The van der Waals surface area contributed by atoms with E-state index in [9.17, 15) is 48.3 Å². The number of nitrogens with one attached hydrogen (secondary N) is 8. The van der Waals surface area contributed by atoms with Crippen molar-refractivity contribution in [3.63, 3.8) is 0 Å². The second kappa shape index (κ2) is 29.6. The fourth-order valence-corrected chi connectivity index (χ4v) is 5.84. The SMILES string of the molecule is CCC[C@H](NC(=O)[C@@H](NC(=O)[C@H](NC(=O)[C@H](CCC(N)=O)NC(C)=O)[C@@H](C)CC)[C@@H](C)O)C(=O)N[C@@H](CCCCNC(C)=O)C(=O)N[C@@H](CCCN=C(N)N)C(=O)NCC. The van der Waals surface area contributed by atoms with E-state index in [1.165, 1.54) is 20.8 Å². The van der Waals surface area contributed by atoms with Gasteiger partial charge in [-0.2, -0.15) is 0 Å². The summed E-state index contributed by atoms with van der Waals surface area (Å²) < 4.78 is 0. The van der Waals surface area contributed by atoms with Crippen molar-refractivity contribution in [3.05, 3.63) is 0 Å². The van der Waals surface area contributed by atoms with Crippen LogP contribution in [0.15, 0.2) is 4.99 Å². The van der Waals surface area contributed by atoms with Gasteiger partial charge < -0.3 is 64.8 Å². The predicted molar refractivity (Wildman–Crippen MR) is 223 cm³/mol. The van der Waals surface area contributed by atoms with Crippen molar-refractivity contribution in [2.24, 2.45) is 28.1 Å². The van der Waals surface area contributed by atoms with E-state index >= 15 is 0 Å². The number of hydrogen-bond donors (Lipinski definition) is 12. The van der Waals surface area contributed by atoms with Crippen LogP contribution in [-0.2, 0) is 43.2 Å². The van der Waals surface area contributed by atoms with Gasteiger partial charge in [0.2, 0.25) is 53.2 Å². The summed E-state index contributed by atoms with van der Waals surface area (Å²) in [5.41, 5.74) is 16.0. The molecule has 0 aromatic rings. The van der Waals surface area contributed by atoms with Gasteiger partial charge in [0.15, 0.2) is 5.96 Å². The summed E-state index contributed by atoms with van der Waals surface area (Å²) in [5, 5.41) is 31.4. The maximum absolute atomic E-state index is 13.8. The Morgan fingerprint density at radius 3 is 1.57 bits per heavy atom. The monoisotopic (exact) mass is 855 g/mol.